The smallest absolute Gasteiger partial charge is 0.322 e. The van der Waals surface area contributed by atoms with Crippen LogP contribution in [0.2, 0.25) is 5.02 Å². The first-order valence-corrected chi connectivity index (χ1v) is 11.3. The molecule has 0 aliphatic carbocycles. The van der Waals surface area contributed by atoms with E-state index in [-0.39, 0.29) is 35.4 Å². The molecule has 0 bridgehead atoms. The molecule has 0 spiro atoms. The van der Waals surface area contributed by atoms with Gasteiger partial charge < -0.3 is 9.15 Å². The normalized spacial score (nSPS) is 11.3. The highest BCUT2D eigenvalue weighted by Crippen LogP contribution is 2.23. The molecule has 3 aromatic rings. The van der Waals surface area contributed by atoms with E-state index >= 15 is 0 Å². The highest BCUT2D eigenvalue weighted by atomic mass is 35.5. The first-order valence-electron chi connectivity index (χ1n) is 9.22. The molecule has 8 nitrogen and oxygen atoms in total. The number of rotatable bonds is 9. The Kier molecular flexibility index (Phi) is 7.07. The second kappa shape index (κ2) is 9.73. The number of nitrogens with one attached hydrogen (secondary N) is 1. The molecule has 0 saturated heterocycles. The summed E-state index contributed by atoms with van der Waals surface area (Å²) in [5.41, 5.74) is 0.681. The number of halogens is 1. The van der Waals surface area contributed by atoms with Crippen molar-refractivity contribution in [1.82, 2.24) is 10.2 Å². The van der Waals surface area contributed by atoms with Crippen LogP contribution in [0.15, 0.2) is 57.8 Å². The predicted octanol–water partition coefficient (Wildman–Crippen LogP) is 3.98. The molecule has 2 aromatic carbocycles. The lowest BCUT2D eigenvalue weighted by molar-refractivity contribution is -0.116. The molecule has 1 N–H and O–H groups in total. The Morgan fingerprint density at radius 1 is 1.10 bits per heavy atom. The van der Waals surface area contributed by atoms with Crippen molar-refractivity contribution in [3.63, 3.8) is 0 Å². The number of hydrogen-bond donors (Lipinski definition) is 1. The molecule has 0 aliphatic rings. The van der Waals surface area contributed by atoms with Gasteiger partial charge in [0.25, 0.3) is 0 Å². The highest BCUT2D eigenvalue weighted by molar-refractivity contribution is 7.91. The quantitative estimate of drug-likeness (QED) is 0.525. The number of hydrogen-bond acceptors (Lipinski definition) is 7. The predicted molar refractivity (Wildman–Crippen MR) is 112 cm³/mol. The van der Waals surface area contributed by atoms with E-state index < -0.39 is 15.7 Å². The fraction of sp³-hybridized carbons (Fsp3) is 0.250. The molecule has 0 saturated carbocycles. The third-order valence-corrected chi connectivity index (χ3v) is 6.14. The van der Waals surface area contributed by atoms with E-state index in [4.69, 9.17) is 20.8 Å². The lowest BCUT2D eigenvalue weighted by Gasteiger charge is -2.04. The van der Waals surface area contributed by atoms with E-state index in [9.17, 15) is 13.2 Å². The average molecular weight is 450 g/mol. The Labute approximate surface area is 179 Å². The zero-order chi connectivity index (χ0) is 21.6. The third kappa shape index (κ3) is 5.80. The highest BCUT2D eigenvalue weighted by Gasteiger charge is 2.16. The Balaban J connectivity index is 1.51. The van der Waals surface area contributed by atoms with E-state index in [1.165, 1.54) is 24.3 Å². The molecule has 0 unspecified atom stereocenters. The molecule has 3 rings (SSSR count). The number of carbonyl (C=O) groups is 1. The van der Waals surface area contributed by atoms with Crippen molar-refractivity contribution >= 4 is 33.4 Å². The second-order valence-electron chi connectivity index (χ2n) is 6.29. The Morgan fingerprint density at radius 2 is 1.80 bits per heavy atom. The summed E-state index contributed by atoms with van der Waals surface area (Å²) in [6.45, 7) is 2.46. The van der Waals surface area contributed by atoms with E-state index in [2.05, 4.69) is 15.5 Å². The summed E-state index contributed by atoms with van der Waals surface area (Å²) in [7, 11) is -3.49. The van der Waals surface area contributed by atoms with Crippen molar-refractivity contribution in [2.24, 2.45) is 0 Å². The standard InChI is InChI=1S/C20H20ClN3O5S/c1-2-28-16-9-5-14(6-10-16)19-23-24-20(29-19)22-18(25)4-3-13-30(26,27)17-11-7-15(21)8-12-17/h5-12H,2-4,13H2,1H3,(H,22,24,25). The minimum atomic E-state index is -3.49. The van der Waals surface area contributed by atoms with Crippen molar-refractivity contribution in [1.29, 1.82) is 0 Å². The molecule has 1 heterocycles. The first-order chi connectivity index (χ1) is 14.4. The van der Waals surface area contributed by atoms with Gasteiger partial charge in [0.1, 0.15) is 5.75 Å². The molecule has 1 aromatic heterocycles. The van der Waals surface area contributed by atoms with Gasteiger partial charge >= 0.3 is 6.01 Å². The summed E-state index contributed by atoms with van der Waals surface area (Å²) in [4.78, 5) is 12.2. The molecule has 0 radical (unpaired) electrons. The fourth-order valence-electron chi connectivity index (χ4n) is 2.62. The molecular weight excluding hydrogens is 430 g/mol. The maximum absolute atomic E-state index is 12.3. The van der Waals surface area contributed by atoms with Gasteiger partial charge in [-0.3, -0.25) is 10.1 Å². The van der Waals surface area contributed by atoms with Crippen LogP contribution in [-0.4, -0.2) is 36.9 Å². The Bertz CT molecular complexity index is 1100. The van der Waals surface area contributed by atoms with Crippen LogP contribution >= 0.6 is 11.6 Å². The Hall–Kier alpha value is -2.91. The van der Waals surface area contributed by atoms with Gasteiger partial charge in [-0.25, -0.2) is 8.42 Å². The SMILES string of the molecule is CCOc1ccc(-c2nnc(NC(=O)CCCS(=O)(=O)c3ccc(Cl)cc3)o2)cc1. The van der Waals surface area contributed by atoms with Crippen LogP contribution in [0.4, 0.5) is 6.01 Å². The number of nitrogens with zero attached hydrogens (tertiary/aromatic N) is 2. The summed E-state index contributed by atoms with van der Waals surface area (Å²) >= 11 is 5.77. The van der Waals surface area contributed by atoms with Gasteiger partial charge in [-0.2, -0.15) is 0 Å². The number of ether oxygens (including phenoxy) is 1. The average Bonchev–Trinajstić information content (AvgIpc) is 3.17. The third-order valence-electron chi connectivity index (χ3n) is 4.07. The van der Waals surface area contributed by atoms with Crippen molar-refractivity contribution in [3.05, 3.63) is 53.6 Å². The number of aromatic nitrogens is 2. The molecular formula is C20H20ClN3O5S. The summed E-state index contributed by atoms with van der Waals surface area (Å²) in [6, 6.07) is 13.0. The van der Waals surface area contributed by atoms with Gasteiger partial charge in [0.05, 0.1) is 17.3 Å². The number of sulfone groups is 1. The largest absolute Gasteiger partial charge is 0.494 e. The minimum Gasteiger partial charge on any atom is -0.494 e. The van der Waals surface area contributed by atoms with Crippen molar-refractivity contribution < 1.29 is 22.4 Å². The van der Waals surface area contributed by atoms with E-state index in [0.29, 0.717) is 17.2 Å². The lowest BCUT2D eigenvalue weighted by Crippen LogP contribution is -2.14. The van der Waals surface area contributed by atoms with Gasteiger partial charge in [0.2, 0.25) is 11.8 Å². The molecule has 30 heavy (non-hydrogen) atoms. The first kappa shape index (κ1) is 21.8. The Morgan fingerprint density at radius 3 is 2.47 bits per heavy atom. The van der Waals surface area contributed by atoms with E-state index in [1.807, 2.05) is 6.92 Å². The topological polar surface area (TPSA) is 111 Å². The van der Waals surface area contributed by atoms with E-state index in [1.54, 1.807) is 24.3 Å². The van der Waals surface area contributed by atoms with Crippen molar-refractivity contribution in [3.8, 4) is 17.2 Å². The van der Waals surface area contributed by atoms with Crippen molar-refractivity contribution in [2.75, 3.05) is 17.7 Å². The van der Waals surface area contributed by atoms with Crippen LogP contribution < -0.4 is 10.1 Å². The van der Waals surface area contributed by atoms with Gasteiger partial charge in [-0.1, -0.05) is 16.7 Å². The van der Waals surface area contributed by atoms with Gasteiger partial charge in [0.15, 0.2) is 9.84 Å². The van der Waals surface area contributed by atoms with Gasteiger partial charge in [0, 0.05) is 17.0 Å². The molecule has 158 valence electrons. The van der Waals surface area contributed by atoms with Crippen LogP contribution in [0.1, 0.15) is 19.8 Å². The molecule has 0 atom stereocenters. The lowest BCUT2D eigenvalue weighted by atomic mass is 10.2. The number of amides is 1. The minimum absolute atomic E-state index is 0.00636. The monoisotopic (exact) mass is 449 g/mol. The maximum Gasteiger partial charge on any atom is 0.322 e. The summed E-state index contributed by atoms with van der Waals surface area (Å²) in [6.07, 6.45) is 0.143. The van der Waals surface area contributed by atoms with Crippen molar-refractivity contribution in [2.45, 2.75) is 24.7 Å². The van der Waals surface area contributed by atoms with Crippen LogP contribution in [0.3, 0.4) is 0 Å². The fourth-order valence-corrected chi connectivity index (χ4v) is 4.05. The molecule has 0 aliphatic heterocycles. The number of benzene rings is 2. The van der Waals surface area contributed by atoms with Crippen LogP contribution in [0.5, 0.6) is 5.75 Å². The van der Waals surface area contributed by atoms with Crippen LogP contribution in [0.25, 0.3) is 11.5 Å². The number of carbonyl (C=O) groups excluding carboxylic acids is 1. The number of anilines is 1. The molecule has 1 amide bonds. The van der Waals surface area contributed by atoms with Crippen LogP contribution in [0, 0.1) is 0 Å². The molecule has 10 heteroatoms. The van der Waals surface area contributed by atoms with Gasteiger partial charge in [-0.15, -0.1) is 5.10 Å². The zero-order valence-corrected chi connectivity index (χ0v) is 17.7. The summed E-state index contributed by atoms with van der Waals surface area (Å²) in [5, 5.41) is 10.6. The van der Waals surface area contributed by atoms with Gasteiger partial charge in [-0.05, 0) is 61.9 Å². The van der Waals surface area contributed by atoms with Crippen LogP contribution in [-0.2, 0) is 14.6 Å². The zero-order valence-electron chi connectivity index (χ0n) is 16.2. The maximum atomic E-state index is 12.3. The second-order valence-corrected chi connectivity index (χ2v) is 8.84. The summed E-state index contributed by atoms with van der Waals surface area (Å²) in [5.74, 6) is 0.397. The van der Waals surface area contributed by atoms with E-state index in [0.717, 1.165) is 5.75 Å². The molecule has 0 fully saturated rings. The summed E-state index contributed by atoms with van der Waals surface area (Å²) < 4.78 is 35.4.